The number of aliphatic imine (C=N–C) groups is 1. The molecule has 32 heavy (non-hydrogen) atoms. The second-order valence-electron chi connectivity index (χ2n) is 9.54. The predicted molar refractivity (Wildman–Crippen MR) is 133 cm³/mol. The molecule has 1 atom stereocenters. The number of carbonyl (C=O) groups excluding carboxylic acids is 1. The molecule has 6 heteroatoms. The fourth-order valence-corrected chi connectivity index (χ4v) is 5.13. The number of piperidine rings is 2. The first kappa shape index (κ1) is 24.6. The van der Waals surface area contributed by atoms with Crippen molar-refractivity contribution in [1.29, 1.82) is 0 Å². The maximum absolute atomic E-state index is 11.3. The molecule has 2 aliphatic heterocycles. The van der Waals surface area contributed by atoms with Gasteiger partial charge in [0, 0.05) is 32.6 Å². The highest BCUT2D eigenvalue weighted by molar-refractivity contribution is 5.80. The zero-order chi connectivity index (χ0) is 22.6. The minimum Gasteiger partial charge on any atom is -0.370 e. The summed E-state index contributed by atoms with van der Waals surface area (Å²) in [5.74, 6) is 2.00. The minimum atomic E-state index is -0.192. The van der Waals surface area contributed by atoms with Gasteiger partial charge >= 0.3 is 0 Å². The Hall–Kier alpha value is -2.08. The van der Waals surface area contributed by atoms with Gasteiger partial charge in [-0.15, -0.1) is 0 Å². The first-order chi connectivity index (χ1) is 15.6. The quantitative estimate of drug-likeness (QED) is 0.332. The van der Waals surface area contributed by atoms with Crippen molar-refractivity contribution in [2.45, 2.75) is 58.3 Å². The Morgan fingerprint density at radius 1 is 1.09 bits per heavy atom. The van der Waals surface area contributed by atoms with Crippen LogP contribution in [0.3, 0.4) is 0 Å². The number of carbonyl (C=O) groups is 1. The van der Waals surface area contributed by atoms with Crippen LogP contribution in [-0.4, -0.2) is 67.5 Å². The molecule has 6 nitrogen and oxygen atoms in total. The molecule has 2 heterocycles. The van der Waals surface area contributed by atoms with Crippen LogP contribution in [0.25, 0.3) is 0 Å². The van der Waals surface area contributed by atoms with Gasteiger partial charge in [-0.25, -0.2) is 0 Å². The molecule has 1 unspecified atom stereocenters. The smallest absolute Gasteiger partial charge is 0.217 e. The number of hydrogen-bond donors (Lipinski definition) is 2. The number of primary amides is 1. The van der Waals surface area contributed by atoms with E-state index in [0.29, 0.717) is 12.3 Å². The average Bonchev–Trinajstić information content (AvgIpc) is 2.80. The van der Waals surface area contributed by atoms with Crippen molar-refractivity contribution in [3.8, 4) is 0 Å². The monoisotopic (exact) mass is 441 g/mol. The number of nitrogens with zero attached hydrogens (tertiary/aromatic N) is 3. The van der Waals surface area contributed by atoms with Crippen molar-refractivity contribution in [3.05, 3.63) is 35.9 Å². The molecule has 2 saturated heterocycles. The SMILES string of the molecule is CCNC(=NCCCCN1CCC(Cc2ccccc2)CC1)N1CCCC(CC(N)=O)C1. The molecule has 0 saturated carbocycles. The molecule has 3 N–H and O–H groups in total. The zero-order valence-corrected chi connectivity index (χ0v) is 20.0. The number of amides is 1. The summed E-state index contributed by atoms with van der Waals surface area (Å²) in [6, 6.07) is 10.9. The number of nitrogens with two attached hydrogens (primary N) is 1. The number of guanidine groups is 1. The van der Waals surface area contributed by atoms with Gasteiger partial charge in [-0.05, 0) is 88.9 Å². The lowest BCUT2D eigenvalue weighted by atomic mass is 9.90. The van der Waals surface area contributed by atoms with Gasteiger partial charge in [-0.3, -0.25) is 9.79 Å². The number of hydrogen-bond acceptors (Lipinski definition) is 3. The van der Waals surface area contributed by atoms with Crippen LogP contribution in [0.4, 0.5) is 0 Å². The Balaban J connectivity index is 1.33. The van der Waals surface area contributed by atoms with Gasteiger partial charge in [0.1, 0.15) is 0 Å². The summed E-state index contributed by atoms with van der Waals surface area (Å²) in [5, 5.41) is 3.44. The first-order valence-corrected chi connectivity index (χ1v) is 12.7. The van der Waals surface area contributed by atoms with Crippen molar-refractivity contribution in [3.63, 3.8) is 0 Å². The molecule has 0 radical (unpaired) electrons. The van der Waals surface area contributed by atoms with E-state index in [1.165, 1.54) is 50.9 Å². The van der Waals surface area contributed by atoms with E-state index >= 15 is 0 Å². The van der Waals surface area contributed by atoms with Crippen LogP contribution in [-0.2, 0) is 11.2 Å². The van der Waals surface area contributed by atoms with E-state index < -0.39 is 0 Å². The van der Waals surface area contributed by atoms with Gasteiger partial charge < -0.3 is 20.9 Å². The van der Waals surface area contributed by atoms with Gasteiger partial charge in [0.15, 0.2) is 5.96 Å². The highest BCUT2D eigenvalue weighted by atomic mass is 16.1. The molecular weight excluding hydrogens is 398 g/mol. The lowest BCUT2D eigenvalue weighted by molar-refractivity contribution is -0.119. The first-order valence-electron chi connectivity index (χ1n) is 12.7. The van der Waals surface area contributed by atoms with Crippen LogP contribution in [0.1, 0.15) is 57.4 Å². The molecule has 0 aliphatic carbocycles. The average molecular weight is 442 g/mol. The van der Waals surface area contributed by atoms with E-state index in [1.54, 1.807) is 0 Å². The summed E-state index contributed by atoms with van der Waals surface area (Å²) in [7, 11) is 0. The van der Waals surface area contributed by atoms with E-state index in [-0.39, 0.29) is 5.91 Å². The maximum atomic E-state index is 11.3. The topological polar surface area (TPSA) is 74.0 Å². The van der Waals surface area contributed by atoms with Gasteiger partial charge in [-0.1, -0.05) is 30.3 Å². The molecule has 3 rings (SSSR count). The maximum Gasteiger partial charge on any atom is 0.217 e. The molecule has 1 aromatic rings. The Labute approximate surface area is 194 Å². The molecule has 1 amide bonds. The lowest BCUT2D eigenvalue weighted by Crippen LogP contribution is -2.47. The van der Waals surface area contributed by atoms with Crippen LogP contribution < -0.4 is 11.1 Å². The molecule has 1 aromatic carbocycles. The van der Waals surface area contributed by atoms with Crippen LogP contribution in [0, 0.1) is 11.8 Å². The van der Waals surface area contributed by atoms with Gasteiger partial charge in [0.2, 0.25) is 5.91 Å². The number of benzene rings is 1. The van der Waals surface area contributed by atoms with Crippen molar-refractivity contribution >= 4 is 11.9 Å². The lowest BCUT2D eigenvalue weighted by Gasteiger charge is -2.34. The summed E-state index contributed by atoms with van der Waals surface area (Å²) in [6.45, 7) is 9.40. The minimum absolute atomic E-state index is 0.192. The highest BCUT2D eigenvalue weighted by Gasteiger charge is 2.23. The van der Waals surface area contributed by atoms with Crippen molar-refractivity contribution in [1.82, 2.24) is 15.1 Å². The van der Waals surface area contributed by atoms with Gasteiger partial charge in [-0.2, -0.15) is 0 Å². The number of likely N-dealkylation sites (tertiary alicyclic amines) is 2. The van der Waals surface area contributed by atoms with Crippen LogP contribution in [0.2, 0.25) is 0 Å². The normalized spacial score (nSPS) is 21.0. The Morgan fingerprint density at radius 3 is 2.59 bits per heavy atom. The second-order valence-corrected chi connectivity index (χ2v) is 9.54. The number of nitrogens with one attached hydrogen (secondary N) is 1. The van der Waals surface area contributed by atoms with Crippen LogP contribution in [0.15, 0.2) is 35.3 Å². The van der Waals surface area contributed by atoms with Crippen molar-refractivity contribution in [2.75, 3.05) is 45.8 Å². The van der Waals surface area contributed by atoms with E-state index in [1.807, 2.05) is 0 Å². The molecule has 0 spiro atoms. The summed E-state index contributed by atoms with van der Waals surface area (Å²) in [6.07, 6.45) is 8.86. The van der Waals surface area contributed by atoms with Crippen molar-refractivity contribution in [2.24, 2.45) is 22.6 Å². The molecule has 2 fully saturated rings. The van der Waals surface area contributed by atoms with Crippen molar-refractivity contribution < 1.29 is 4.79 Å². The van der Waals surface area contributed by atoms with E-state index in [9.17, 15) is 4.79 Å². The fourth-order valence-electron chi connectivity index (χ4n) is 5.13. The molecule has 2 aliphatic rings. The molecule has 0 aromatic heterocycles. The Morgan fingerprint density at radius 2 is 1.88 bits per heavy atom. The number of unbranched alkanes of at least 4 members (excludes halogenated alkanes) is 1. The second kappa shape index (κ2) is 13.5. The third-order valence-corrected chi connectivity index (χ3v) is 6.86. The Bertz CT molecular complexity index is 699. The van der Waals surface area contributed by atoms with Gasteiger partial charge in [0.25, 0.3) is 0 Å². The zero-order valence-electron chi connectivity index (χ0n) is 20.0. The third-order valence-electron chi connectivity index (χ3n) is 6.86. The third kappa shape index (κ3) is 8.45. The van der Waals surface area contributed by atoms with E-state index in [2.05, 4.69) is 52.4 Å². The fraction of sp³-hybridized carbons (Fsp3) is 0.692. The summed E-state index contributed by atoms with van der Waals surface area (Å²) < 4.78 is 0. The molecule has 178 valence electrons. The van der Waals surface area contributed by atoms with E-state index in [4.69, 9.17) is 10.7 Å². The summed E-state index contributed by atoms with van der Waals surface area (Å²) in [5.41, 5.74) is 6.89. The summed E-state index contributed by atoms with van der Waals surface area (Å²) >= 11 is 0. The Kier molecular flexibility index (Phi) is 10.3. The standard InChI is InChI=1S/C26H43N5O/c1-2-28-26(31-16-8-11-24(21-31)20-25(27)32)29-14-6-7-15-30-17-12-23(13-18-30)19-22-9-4-3-5-10-22/h3-5,9-10,23-24H,2,6-8,11-21H2,1H3,(H2,27,32)(H,28,29). The van der Waals surface area contributed by atoms with Gasteiger partial charge in [0.05, 0.1) is 0 Å². The predicted octanol–water partition coefficient (Wildman–Crippen LogP) is 3.27. The highest BCUT2D eigenvalue weighted by Crippen LogP contribution is 2.22. The van der Waals surface area contributed by atoms with Crippen LogP contribution >= 0.6 is 0 Å². The molecular formula is C26H43N5O. The molecule has 0 bridgehead atoms. The van der Waals surface area contributed by atoms with E-state index in [0.717, 1.165) is 57.3 Å². The number of rotatable bonds is 10. The van der Waals surface area contributed by atoms with Crippen LogP contribution in [0.5, 0.6) is 0 Å². The largest absolute Gasteiger partial charge is 0.370 e. The summed E-state index contributed by atoms with van der Waals surface area (Å²) in [4.78, 5) is 21.1.